The van der Waals surface area contributed by atoms with Crippen molar-refractivity contribution < 1.29 is 33.3 Å². The van der Waals surface area contributed by atoms with E-state index in [9.17, 15) is 14.4 Å². The highest BCUT2D eigenvalue weighted by molar-refractivity contribution is 6.14. The zero-order valence-corrected chi connectivity index (χ0v) is 13.7. The maximum Gasteiger partial charge on any atom is 0.349 e. The molecular weight excluding hydrogens is 316 g/mol. The minimum atomic E-state index is -1.02. The summed E-state index contributed by atoms with van der Waals surface area (Å²) < 4.78 is 19.4. The number of hydrogen-bond donors (Lipinski definition) is 0. The number of esters is 3. The molecule has 0 heterocycles. The van der Waals surface area contributed by atoms with Gasteiger partial charge in [0.05, 0.1) is 13.2 Å². The summed E-state index contributed by atoms with van der Waals surface area (Å²) in [7, 11) is 0. The number of carbonyl (C=O) groups is 3. The van der Waals surface area contributed by atoms with E-state index in [4.69, 9.17) is 18.9 Å². The van der Waals surface area contributed by atoms with Crippen LogP contribution in [0.3, 0.4) is 0 Å². The van der Waals surface area contributed by atoms with Gasteiger partial charge in [0.2, 0.25) is 0 Å². The molecule has 0 unspecified atom stereocenters. The molecule has 0 aliphatic rings. The highest BCUT2D eigenvalue weighted by Gasteiger charge is 2.23. The van der Waals surface area contributed by atoms with Crippen molar-refractivity contribution >= 4 is 17.9 Å². The Balaban J connectivity index is 2.49. The third-order valence-electron chi connectivity index (χ3n) is 2.65. The first-order valence-corrected chi connectivity index (χ1v) is 7.44. The van der Waals surface area contributed by atoms with Crippen molar-refractivity contribution in [2.75, 3.05) is 19.8 Å². The second kappa shape index (κ2) is 10.8. The summed E-state index contributed by atoms with van der Waals surface area (Å²) in [6.45, 7) is 3.09. The van der Waals surface area contributed by atoms with Crippen LogP contribution in [0, 0.1) is 0 Å². The summed E-state index contributed by atoms with van der Waals surface area (Å²) >= 11 is 0. The highest BCUT2D eigenvalue weighted by atomic mass is 16.6. The lowest BCUT2D eigenvalue weighted by atomic mass is 10.2. The second-order valence-electron chi connectivity index (χ2n) is 4.43. The number of ether oxygens (including phenoxy) is 4. The van der Waals surface area contributed by atoms with E-state index in [-0.39, 0.29) is 19.8 Å². The fraction of sp³-hybridized carbons (Fsp3) is 0.353. The first kappa shape index (κ1) is 19.2. The molecule has 130 valence electrons. The Morgan fingerprint density at radius 2 is 1.58 bits per heavy atom. The Morgan fingerprint density at radius 1 is 0.917 bits per heavy atom. The van der Waals surface area contributed by atoms with E-state index in [1.54, 1.807) is 26.0 Å². The zero-order chi connectivity index (χ0) is 17.8. The Morgan fingerprint density at radius 3 is 2.21 bits per heavy atom. The van der Waals surface area contributed by atoms with Crippen molar-refractivity contribution in [3.8, 4) is 0 Å². The SMILES string of the molecule is CCO/C=C(\C(=O)OCC)C(=O)OCC(=O)OCc1ccccc1. The van der Waals surface area contributed by atoms with Crippen LogP contribution in [0.15, 0.2) is 42.2 Å². The molecular formula is C17H20O7. The molecule has 0 bridgehead atoms. The van der Waals surface area contributed by atoms with Crippen molar-refractivity contribution in [3.05, 3.63) is 47.7 Å². The van der Waals surface area contributed by atoms with E-state index in [1.165, 1.54) is 0 Å². The van der Waals surface area contributed by atoms with E-state index in [2.05, 4.69) is 0 Å². The van der Waals surface area contributed by atoms with Gasteiger partial charge < -0.3 is 18.9 Å². The average Bonchev–Trinajstić information content (AvgIpc) is 2.59. The molecule has 0 atom stereocenters. The van der Waals surface area contributed by atoms with Gasteiger partial charge in [-0.1, -0.05) is 30.3 Å². The van der Waals surface area contributed by atoms with Gasteiger partial charge in [-0.15, -0.1) is 0 Å². The third kappa shape index (κ3) is 6.95. The van der Waals surface area contributed by atoms with Crippen LogP contribution >= 0.6 is 0 Å². The zero-order valence-electron chi connectivity index (χ0n) is 13.7. The summed E-state index contributed by atoms with van der Waals surface area (Å²) in [6.07, 6.45) is 0.954. The van der Waals surface area contributed by atoms with E-state index in [0.717, 1.165) is 11.8 Å². The molecule has 0 amide bonds. The highest BCUT2D eigenvalue weighted by Crippen LogP contribution is 2.04. The molecule has 0 saturated heterocycles. The van der Waals surface area contributed by atoms with Gasteiger partial charge in [-0.05, 0) is 19.4 Å². The maximum absolute atomic E-state index is 11.9. The van der Waals surface area contributed by atoms with Gasteiger partial charge >= 0.3 is 17.9 Å². The first-order chi connectivity index (χ1) is 11.6. The summed E-state index contributed by atoms with van der Waals surface area (Å²) in [5.74, 6) is -2.63. The summed E-state index contributed by atoms with van der Waals surface area (Å²) in [5.41, 5.74) is 0.384. The lowest BCUT2D eigenvalue weighted by molar-refractivity contribution is -0.159. The average molecular weight is 336 g/mol. The standard InChI is InChI=1S/C17H20O7/c1-3-21-11-14(16(19)22-4-2)17(20)24-12-15(18)23-10-13-8-6-5-7-9-13/h5-9,11H,3-4,10,12H2,1-2H3/b14-11+. The van der Waals surface area contributed by atoms with Crippen LogP contribution in [0.4, 0.5) is 0 Å². The molecule has 7 nitrogen and oxygen atoms in total. The Bertz CT molecular complexity index is 578. The predicted octanol–water partition coefficient (Wildman–Crippen LogP) is 1.76. The van der Waals surface area contributed by atoms with E-state index in [1.807, 2.05) is 18.2 Å². The van der Waals surface area contributed by atoms with Gasteiger partial charge in [-0.25, -0.2) is 14.4 Å². The molecule has 1 aromatic rings. The van der Waals surface area contributed by atoms with Crippen LogP contribution in [0.1, 0.15) is 19.4 Å². The van der Waals surface area contributed by atoms with Crippen molar-refractivity contribution in [2.45, 2.75) is 20.5 Å². The molecule has 0 spiro atoms. The molecule has 0 aliphatic heterocycles. The monoisotopic (exact) mass is 336 g/mol. The normalized spacial score (nSPS) is 10.7. The van der Waals surface area contributed by atoms with E-state index >= 15 is 0 Å². The quantitative estimate of drug-likeness (QED) is 0.169. The van der Waals surface area contributed by atoms with Crippen LogP contribution in [-0.2, 0) is 39.9 Å². The molecule has 1 rings (SSSR count). The largest absolute Gasteiger partial charge is 0.500 e. The fourth-order valence-electron chi connectivity index (χ4n) is 1.54. The third-order valence-corrected chi connectivity index (χ3v) is 2.65. The molecule has 0 saturated carbocycles. The molecule has 7 heteroatoms. The Hall–Kier alpha value is -2.83. The van der Waals surface area contributed by atoms with Gasteiger partial charge in [0.25, 0.3) is 0 Å². The van der Waals surface area contributed by atoms with Crippen LogP contribution in [0.5, 0.6) is 0 Å². The number of carbonyl (C=O) groups excluding carboxylic acids is 3. The Kier molecular flexibility index (Phi) is 8.67. The van der Waals surface area contributed by atoms with Crippen molar-refractivity contribution in [1.29, 1.82) is 0 Å². The lowest BCUT2D eigenvalue weighted by Gasteiger charge is -2.08. The second-order valence-corrected chi connectivity index (χ2v) is 4.43. The molecule has 1 aromatic carbocycles. The van der Waals surface area contributed by atoms with Crippen LogP contribution in [0.2, 0.25) is 0 Å². The van der Waals surface area contributed by atoms with Gasteiger partial charge in [0, 0.05) is 0 Å². The first-order valence-electron chi connectivity index (χ1n) is 7.44. The van der Waals surface area contributed by atoms with Crippen molar-refractivity contribution in [3.63, 3.8) is 0 Å². The minimum absolute atomic E-state index is 0.0662. The van der Waals surface area contributed by atoms with Gasteiger partial charge in [0.1, 0.15) is 12.9 Å². The fourth-order valence-corrected chi connectivity index (χ4v) is 1.54. The molecule has 0 N–H and O–H groups in total. The maximum atomic E-state index is 11.9. The van der Waals surface area contributed by atoms with Gasteiger partial charge in [-0.3, -0.25) is 0 Å². The van der Waals surface area contributed by atoms with Crippen molar-refractivity contribution in [1.82, 2.24) is 0 Å². The van der Waals surface area contributed by atoms with Crippen molar-refractivity contribution in [2.24, 2.45) is 0 Å². The summed E-state index contributed by atoms with van der Waals surface area (Å²) in [5, 5.41) is 0. The smallest absolute Gasteiger partial charge is 0.349 e. The summed E-state index contributed by atoms with van der Waals surface area (Å²) in [4.78, 5) is 35.1. The molecule has 24 heavy (non-hydrogen) atoms. The van der Waals surface area contributed by atoms with Gasteiger partial charge in [0.15, 0.2) is 12.2 Å². The Labute approximate surface area is 140 Å². The predicted molar refractivity (Wildman–Crippen MR) is 83.5 cm³/mol. The minimum Gasteiger partial charge on any atom is -0.500 e. The number of rotatable bonds is 9. The number of hydrogen-bond acceptors (Lipinski definition) is 7. The molecule has 0 aromatic heterocycles. The lowest BCUT2D eigenvalue weighted by Crippen LogP contribution is -2.22. The molecule has 0 radical (unpaired) electrons. The van der Waals surface area contributed by atoms with E-state index < -0.39 is 30.1 Å². The topological polar surface area (TPSA) is 88.1 Å². The number of benzene rings is 1. The van der Waals surface area contributed by atoms with Crippen LogP contribution in [-0.4, -0.2) is 37.7 Å². The molecule has 0 fully saturated rings. The van der Waals surface area contributed by atoms with E-state index in [0.29, 0.717) is 0 Å². The van der Waals surface area contributed by atoms with Crippen LogP contribution in [0.25, 0.3) is 0 Å². The van der Waals surface area contributed by atoms with Gasteiger partial charge in [-0.2, -0.15) is 0 Å². The molecule has 0 aliphatic carbocycles. The van der Waals surface area contributed by atoms with Crippen LogP contribution < -0.4 is 0 Å². The summed E-state index contributed by atoms with van der Waals surface area (Å²) in [6, 6.07) is 9.06.